The molecule has 0 spiro atoms. The Balaban J connectivity index is 1.81. The molecule has 0 bridgehead atoms. The third kappa shape index (κ3) is 5.20. The summed E-state index contributed by atoms with van der Waals surface area (Å²) in [5, 5.41) is 0.983. The first kappa shape index (κ1) is 22.3. The normalized spacial score (nSPS) is 10.6. The molecule has 31 heavy (non-hydrogen) atoms. The molecule has 3 aromatic rings. The number of hydrogen-bond acceptors (Lipinski definition) is 5. The average Bonchev–Trinajstić information content (AvgIpc) is 2.78. The number of carbonyl (C=O) groups is 1. The van der Waals surface area contributed by atoms with E-state index < -0.39 is 6.03 Å². The highest BCUT2D eigenvalue weighted by Gasteiger charge is 2.16. The minimum Gasteiger partial charge on any atom is -0.489 e. The summed E-state index contributed by atoms with van der Waals surface area (Å²) < 4.78 is 6.10. The molecular formula is C24H29N5O2. The van der Waals surface area contributed by atoms with Gasteiger partial charge in [0.1, 0.15) is 12.4 Å². The summed E-state index contributed by atoms with van der Waals surface area (Å²) >= 11 is 0. The Morgan fingerprint density at radius 2 is 1.87 bits per heavy atom. The molecule has 3 rings (SSSR count). The molecule has 0 radical (unpaired) electrons. The van der Waals surface area contributed by atoms with Crippen LogP contribution in [0, 0.1) is 13.8 Å². The lowest BCUT2D eigenvalue weighted by atomic mass is 10.1. The van der Waals surface area contributed by atoms with Gasteiger partial charge in [0, 0.05) is 16.8 Å². The van der Waals surface area contributed by atoms with Gasteiger partial charge >= 0.3 is 6.03 Å². The van der Waals surface area contributed by atoms with Crippen LogP contribution in [0.1, 0.15) is 35.7 Å². The van der Waals surface area contributed by atoms with Gasteiger partial charge in [-0.2, -0.15) is 0 Å². The number of aryl methyl sites for hydroxylation is 3. The average molecular weight is 420 g/mol. The lowest BCUT2D eigenvalue weighted by molar-refractivity contribution is 0.246. The number of nitrogens with two attached hydrogens (primary N) is 2. The van der Waals surface area contributed by atoms with Gasteiger partial charge in [-0.1, -0.05) is 31.5 Å². The maximum Gasteiger partial charge on any atom is 0.350 e. The minimum atomic E-state index is -0.606. The fourth-order valence-corrected chi connectivity index (χ4v) is 3.44. The summed E-state index contributed by atoms with van der Waals surface area (Å²) in [6, 6.07) is 17.1. The first-order valence-electron chi connectivity index (χ1n) is 10.3. The molecule has 1 aromatic heterocycles. The van der Waals surface area contributed by atoms with Gasteiger partial charge in [-0.25, -0.2) is 21.5 Å². The third-order valence-electron chi connectivity index (χ3n) is 5.14. The summed E-state index contributed by atoms with van der Waals surface area (Å²) in [6.45, 7) is 6.36. The van der Waals surface area contributed by atoms with E-state index in [9.17, 15) is 4.79 Å². The Morgan fingerprint density at radius 1 is 1.10 bits per heavy atom. The molecule has 0 saturated heterocycles. The summed E-state index contributed by atoms with van der Waals surface area (Å²) in [5.41, 5.74) is 8.45. The van der Waals surface area contributed by atoms with E-state index in [2.05, 4.69) is 19.1 Å². The van der Waals surface area contributed by atoms with Gasteiger partial charge < -0.3 is 4.74 Å². The number of anilines is 1. The fourth-order valence-electron chi connectivity index (χ4n) is 3.44. The molecule has 7 heteroatoms. The van der Waals surface area contributed by atoms with E-state index in [1.54, 1.807) is 6.07 Å². The first-order valence-corrected chi connectivity index (χ1v) is 10.3. The number of nitrogens with one attached hydrogen (secondary N) is 1. The fraction of sp³-hybridized carbons (Fsp3) is 0.250. The second kappa shape index (κ2) is 10.1. The third-order valence-corrected chi connectivity index (χ3v) is 5.14. The summed E-state index contributed by atoms with van der Waals surface area (Å²) in [4.78, 5) is 16.6. The van der Waals surface area contributed by atoms with Crippen LogP contribution in [0.2, 0.25) is 0 Å². The van der Waals surface area contributed by atoms with Crippen molar-refractivity contribution in [3.05, 3.63) is 77.0 Å². The van der Waals surface area contributed by atoms with Gasteiger partial charge in [0.05, 0.1) is 11.4 Å². The summed E-state index contributed by atoms with van der Waals surface area (Å²) in [7, 11) is 0. The van der Waals surface area contributed by atoms with Crippen LogP contribution in [-0.2, 0) is 13.0 Å². The predicted octanol–water partition coefficient (Wildman–Crippen LogP) is 4.16. The number of hydrazine groups is 2. The monoisotopic (exact) mass is 419 g/mol. The number of urea groups is 1. The van der Waals surface area contributed by atoms with Crippen LogP contribution in [0.15, 0.2) is 54.6 Å². The first-order chi connectivity index (χ1) is 14.9. The van der Waals surface area contributed by atoms with Gasteiger partial charge in [-0.3, -0.25) is 10.4 Å². The Morgan fingerprint density at radius 3 is 2.58 bits per heavy atom. The maximum absolute atomic E-state index is 11.9. The van der Waals surface area contributed by atoms with Crippen LogP contribution in [0.25, 0.3) is 11.3 Å². The van der Waals surface area contributed by atoms with Crippen LogP contribution >= 0.6 is 0 Å². The Hall–Kier alpha value is -3.42. The van der Waals surface area contributed by atoms with Gasteiger partial charge in [0.25, 0.3) is 0 Å². The van der Waals surface area contributed by atoms with Gasteiger partial charge in [0.2, 0.25) is 0 Å². The lowest BCUT2D eigenvalue weighted by Crippen LogP contribution is -2.48. The van der Waals surface area contributed by atoms with Crippen LogP contribution < -0.4 is 26.9 Å². The zero-order valence-corrected chi connectivity index (χ0v) is 18.2. The second-order valence-electron chi connectivity index (χ2n) is 7.43. The number of carbonyl (C=O) groups excluding carboxylic acids is 1. The number of pyridine rings is 1. The Bertz CT molecular complexity index is 1070. The zero-order chi connectivity index (χ0) is 22.4. The van der Waals surface area contributed by atoms with Gasteiger partial charge in [-0.05, 0) is 67.8 Å². The Kier molecular flexibility index (Phi) is 7.23. The molecule has 0 fully saturated rings. The summed E-state index contributed by atoms with van der Waals surface area (Å²) in [6.07, 6.45) is 2.03. The van der Waals surface area contributed by atoms with Crippen molar-refractivity contribution in [2.75, 3.05) is 5.01 Å². The van der Waals surface area contributed by atoms with E-state index >= 15 is 0 Å². The highest BCUT2D eigenvalue weighted by molar-refractivity contribution is 5.91. The number of ether oxygens (including phenoxy) is 1. The number of aromatic nitrogens is 1. The maximum atomic E-state index is 11.9. The van der Waals surface area contributed by atoms with Crippen LogP contribution in [0.5, 0.6) is 5.75 Å². The van der Waals surface area contributed by atoms with E-state index in [1.165, 1.54) is 0 Å². The molecule has 2 amide bonds. The van der Waals surface area contributed by atoms with Crippen LogP contribution in [-0.4, -0.2) is 11.0 Å². The zero-order valence-electron chi connectivity index (χ0n) is 18.2. The van der Waals surface area contributed by atoms with Crippen molar-refractivity contribution in [3.8, 4) is 17.0 Å². The van der Waals surface area contributed by atoms with E-state index in [0.717, 1.165) is 57.2 Å². The van der Waals surface area contributed by atoms with Crippen LogP contribution in [0.4, 0.5) is 10.5 Å². The molecule has 0 aliphatic carbocycles. The van der Waals surface area contributed by atoms with Crippen molar-refractivity contribution < 1.29 is 9.53 Å². The smallest absolute Gasteiger partial charge is 0.350 e. The molecule has 1 heterocycles. The minimum absolute atomic E-state index is 0.262. The standard InChI is InChI=1S/C24H29N5O2/c1-4-7-19-9-6-10-21(27-19)18-12-13-23(17(3)14-18)31-15-20-16(2)8-5-11-22(20)29(26)24(30)28-25/h5-6,8-14H,4,7,15,25-26H2,1-3H3,(H,28,30). The molecule has 0 aliphatic rings. The SMILES string of the molecule is CCCc1cccc(-c2ccc(OCc3c(C)cccc3N(N)C(=O)NN)c(C)c2)n1. The van der Waals surface area contributed by atoms with Crippen molar-refractivity contribution in [2.24, 2.45) is 11.7 Å². The molecule has 0 unspecified atom stereocenters. The molecule has 0 saturated carbocycles. The topological polar surface area (TPSA) is 106 Å². The molecule has 7 nitrogen and oxygen atoms in total. The molecular weight excluding hydrogens is 390 g/mol. The molecule has 0 atom stereocenters. The number of nitrogens with zero attached hydrogens (tertiary/aromatic N) is 2. The van der Waals surface area contributed by atoms with Crippen molar-refractivity contribution in [2.45, 2.75) is 40.2 Å². The molecule has 5 N–H and O–H groups in total. The number of amides is 2. The van der Waals surface area contributed by atoms with E-state index in [-0.39, 0.29) is 6.61 Å². The number of rotatable bonds is 7. The van der Waals surface area contributed by atoms with E-state index in [1.807, 2.05) is 55.7 Å². The van der Waals surface area contributed by atoms with Crippen molar-refractivity contribution in [1.82, 2.24) is 10.4 Å². The largest absolute Gasteiger partial charge is 0.489 e. The van der Waals surface area contributed by atoms with Crippen molar-refractivity contribution in [3.63, 3.8) is 0 Å². The molecule has 162 valence electrons. The van der Waals surface area contributed by atoms with Crippen molar-refractivity contribution in [1.29, 1.82) is 0 Å². The highest BCUT2D eigenvalue weighted by Crippen LogP contribution is 2.28. The predicted molar refractivity (Wildman–Crippen MR) is 123 cm³/mol. The molecule has 2 aromatic carbocycles. The summed E-state index contributed by atoms with van der Waals surface area (Å²) in [5.74, 6) is 11.9. The van der Waals surface area contributed by atoms with Gasteiger partial charge in [-0.15, -0.1) is 0 Å². The van der Waals surface area contributed by atoms with E-state index in [0.29, 0.717) is 5.69 Å². The van der Waals surface area contributed by atoms with Gasteiger partial charge in [0.15, 0.2) is 0 Å². The van der Waals surface area contributed by atoms with Crippen LogP contribution in [0.3, 0.4) is 0 Å². The second-order valence-corrected chi connectivity index (χ2v) is 7.43. The Labute approximate surface area is 183 Å². The lowest BCUT2D eigenvalue weighted by Gasteiger charge is -2.21. The molecule has 0 aliphatic heterocycles. The quantitative estimate of drug-likeness (QED) is 0.303. The number of benzene rings is 2. The highest BCUT2D eigenvalue weighted by atomic mass is 16.5. The van der Waals surface area contributed by atoms with Crippen molar-refractivity contribution >= 4 is 11.7 Å². The number of hydrogen-bond donors (Lipinski definition) is 3. The van der Waals surface area contributed by atoms with E-state index in [4.69, 9.17) is 21.4 Å².